The second kappa shape index (κ2) is 9.78. The van der Waals surface area contributed by atoms with Crippen LogP contribution in [0.15, 0.2) is 53.2 Å². The first-order valence-electron chi connectivity index (χ1n) is 10.9. The highest BCUT2D eigenvalue weighted by Gasteiger charge is 2.32. The second-order valence-corrected chi connectivity index (χ2v) is 7.87. The van der Waals surface area contributed by atoms with Gasteiger partial charge in [-0.25, -0.2) is 4.98 Å². The number of carbonyl (C=O) groups excluding carboxylic acids is 2. The van der Waals surface area contributed by atoms with E-state index in [0.717, 1.165) is 12.1 Å². The number of benzene rings is 1. The summed E-state index contributed by atoms with van der Waals surface area (Å²) in [7, 11) is 1.90. The summed E-state index contributed by atoms with van der Waals surface area (Å²) >= 11 is 0. The minimum absolute atomic E-state index is 0.00868. The molecule has 1 atom stereocenters. The van der Waals surface area contributed by atoms with Crippen LogP contribution < -0.4 is 5.32 Å². The van der Waals surface area contributed by atoms with E-state index in [-0.39, 0.29) is 18.2 Å². The Balaban J connectivity index is 1.32. The lowest BCUT2D eigenvalue weighted by Crippen LogP contribution is -2.57. The van der Waals surface area contributed by atoms with Crippen LogP contribution in [0.2, 0.25) is 0 Å². The number of aromatic nitrogens is 3. The Labute approximate surface area is 187 Å². The molecule has 1 saturated heterocycles. The van der Waals surface area contributed by atoms with E-state index in [0.29, 0.717) is 43.5 Å². The molecule has 2 aromatic heterocycles. The van der Waals surface area contributed by atoms with Crippen molar-refractivity contribution in [2.45, 2.75) is 32.4 Å². The lowest BCUT2D eigenvalue weighted by molar-refractivity contribution is -0.136. The SMILES string of the molecule is CCn1ccc(NC(=O)C2CN(C(=O)CCc3ncc(-c4ccccc4)o3)CCN2C)n1. The van der Waals surface area contributed by atoms with Gasteiger partial charge in [0.2, 0.25) is 11.8 Å². The Hall–Kier alpha value is -3.46. The molecule has 0 aliphatic carbocycles. The number of carbonyl (C=O) groups is 2. The van der Waals surface area contributed by atoms with Crippen molar-refractivity contribution in [2.75, 3.05) is 32.0 Å². The monoisotopic (exact) mass is 436 g/mol. The molecule has 0 radical (unpaired) electrons. The van der Waals surface area contributed by atoms with Crippen LogP contribution in [-0.2, 0) is 22.6 Å². The van der Waals surface area contributed by atoms with Crippen LogP contribution >= 0.6 is 0 Å². The summed E-state index contributed by atoms with van der Waals surface area (Å²) in [6.45, 7) is 4.28. The summed E-state index contributed by atoms with van der Waals surface area (Å²) in [6.07, 6.45) is 4.21. The van der Waals surface area contributed by atoms with Gasteiger partial charge in [-0.2, -0.15) is 5.10 Å². The molecule has 1 aromatic carbocycles. The second-order valence-electron chi connectivity index (χ2n) is 7.87. The summed E-state index contributed by atoms with van der Waals surface area (Å²) in [5, 5.41) is 7.15. The maximum absolute atomic E-state index is 12.8. The zero-order valence-corrected chi connectivity index (χ0v) is 18.4. The number of oxazole rings is 1. The summed E-state index contributed by atoms with van der Waals surface area (Å²) in [4.78, 5) is 33.6. The molecule has 9 nitrogen and oxygen atoms in total. The minimum Gasteiger partial charge on any atom is -0.441 e. The average Bonchev–Trinajstić information content (AvgIpc) is 3.48. The molecule has 1 N–H and O–H groups in total. The van der Waals surface area contributed by atoms with Crippen LogP contribution in [0.3, 0.4) is 0 Å². The normalized spacial score (nSPS) is 16.8. The molecule has 9 heteroatoms. The summed E-state index contributed by atoms with van der Waals surface area (Å²) in [6, 6.07) is 11.1. The fraction of sp³-hybridized carbons (Fsp3) is 0.391. The number of nitrogens with zero attached hydrogens (tertiary/aromatic N) is 5. The molecule has 0 saturated carbocycles. The van der Waals surface area contributed by atoms with Crippen molar-refractivity contribution in [1.82, 2.24) is 24.6 Å². The molecule has 3 aromatic rings. The van der Waals surface area contributed by atoms with E-state index in [1.54, 1.807) is 21.8 Å². The van der Waals surface area contributed by atoms with Crippen molar-refractivity contribution in [3.63, 3.8) is 0 Å². The molecule has 2 amide bonds. The van der Waals surface area contributed by atoms with Crippen LogP contribution in [-0.4, -0.2) is 69.1 Å². The Morgan fingerprint density at radius 2 is 2.00 bits per heavy atom. The van der Waals surface area contributed by atoms with E-state index in [4.69, 9.17) is 4.42 Å². The van der Waals surface area contributed by atoms with Crippen molar-refractivity contribution in [3.05, 3.63) is 54.7 Å². The highest BCUT2D eigenvalue weighted by molar-refractivity contribution is 5.94. The minimum atomic E-state index is -0.425. The number of aryl methyl sites for hydroxylation is 2. The number of nitrogens with one attached hydrogen (secondary N) is 1. The lowest BCUT2D eigenvalue weighted by atomic mass is 10.1. The first kappa shape index (κ1) is 21.8. The predicted molar refractivity (Wildman–Crippen MR) is 120 cm³/mol. The molecule has 0 spiro atoms. The summed E-state index contributed by atoms with van der Waals surface area (Å²) in [5.74, 6) is 1.58. The first-order valence-corrected chi connectivity index (χ1v) is 10.9. The van der Waals surface area contributed by atoms with Crippen molar-refractivity contribution in [1.29, 1.82) is 0 Å². The number of amides is 2. The van der Waals surface area contributed by atoms with Gasteiger partial charge in [-0.1, -0.05) is 30.3 Å². The van der Waals surface area contributed by atoms with E-state index >= 15 is 0 Å². The van der Waals surface area contributed by atoms with Crippen LogP contribution in [0.4, 0.5) is 5.82 Å². The predicted octanol–water partition coefficient (Wildman–Crippen LogP) is 2.27. The first-order chi connectivity index (χ1) is 15.5. The fourth-order valence-electron chi connectivity index (χ4n) is 3.73. The number of likely N-dealkylation sites (N-methyl/N-ethyl adjacent to an activating group) is 1. The van der Waals surface area contributed by atoms with Crippen molar-refractivity contribution >= 4 is 17.6 Å². The third kappa shape index (κ3) is 5.05. The third-order valence-corrected chi connectivity index (χ3v) is 5.68. The van der Waals surface area contributed by atoms with Gasteiger partial charge < -0.3 is 14.6 Å². The molecule has 3 heterocycles. The molecule has 1 aliphatic rings. The molecule has 168 valence electrons. The number of rotatable bonds is 7. The van der Waals surface area contributed by atoms with Crippen molar-refractivity contribution in [3.8, 4) is 11.3 Å². The molecule has 1 fully saturated rings. The number of hydrogen-bond donors (Lipinski definition) is 1. The van der Waals surface area contributed by atoms with Crippen LogP contribution in [0.1, 0.15) is 19.2 Å². The number of piperazine rings is 1. The van der Waals surface area contributed by atoms with Gasteiger partial charge in [0, 0.05) is 56.8 Å². The van der Waals surface area contributed by atoms with E-state index in [9.17, 15) is 9.59 Å². The van der Waals surface area contributed by atoms with Crippen LogP contribution in [0, 0.1) is 0 Å². The molecule has 4 rings (SSSR count). The molecule has 1 unspecified atom stereocenters. The van der Waals surface area contributed by atoms with Crippen molar-refractivity contribution in [2.24, 2.45) is 0 Å². The van der Waals surface area contributed by atoms with E-state index in [1.807, 2.05) is 55.4 Å². The third-order valence-electron chi connectivity index (χ3n) is 5.68. The topological polar surface area (TPSA) is 96.5 Å². The fourth-order valence-corrected chi connectivity index (χ4v) is 3.73. The highest BCUT2D eigenvalue weighted by Crippen LogP contribution is 2.20. The maximum atomic E-state index is 12.8. The zero-order valence-electron chi connectivity index (χ0n) is 18.4. The van der Waals surface area contributed by atoms with Crippen LogP contribution in [0.5, 0.6) is 0 Å². The van der Waals surface area contributed by atoms with Gasteiger partial charge in [-0.3, -0.25) is 19.2 Å². The molecular weight excluding hydrogens is 408 g/mol. The van der Waals surface area contributed by atoms with Gasteiger partial charge in [-0.15, -0.1) is 0 Å². The number of anilines is 1. The standard InChI is InChI=1S/C23H28N6O3/c1-3-29-12-11-20(26-29)25-23(31)18-16-28(14-13-27(18)2)22(30)10-9-21-24-15-19(32-21)17-7-5-4-6-8-17/h4-8,11-12,15,18H,3,9-10,13-14,16H2,1-2H3,(H,25,26,31). The van der Waals surface area contributed by atoms with E-state index < -0.39 is 6.04 Å². The molecular formula is C23H28N6O3. The summed E-state index contributed by atoms with van der Waals surface area (Å²) < 4.78 is 7.55. The van der Waals surface area contributed by atoms with Gasteiger partial charge in [0.15, 0.2) is 17.5 Å². The Kier molecular flexibility index (Phi) is 6.65. The molecule has 32 heavy (non-hydrogen) atoms. The van der Waals surface area contributed by atoms with E-state index in [1.165, 1.54) is 0 Å². The van der Waals surface area contributed by atoms with Crippen molar-refractivity contribution < 1.29 is 14.0 Å². The maximum Gasteiger partial charge on any atom is 0.244 e. The molecule has 0 bridgehead atoms. The molecule has 1 aliphatic heterocycles. The zero-order chi connectivity index (χ0) is 22.5. The van der Waals surface area contributed by atoms with Gasteiger partial charge in [-0.05, 0) is 14.0 Å². The van der Waals surface area contributed by atoms with Gasteiger partial charge in [0.25, 0.3) is 0 Å². The smallest absolute Gasteiger partial charge is 0.244 e. The number of hydrogen-bond acceptors (Lipinski definition) is 6. The summed E-state index contributed by atoms with van der Waals surface area (Å²) in [5.41, 5.74) is 0.953. The highest BCUT2D eigenvalue weighted by atomic mass is 16.4. The van der Waals surface area contributed by atoms with Gasteiger partial charge in [0.1, 0.15) is 6.04 Å². The average molecular weight is 437 g/mol. The van der Waals surface area contributed by atoms with Gasteiger partial charge in [0.05, 0.1) is 6.20 Å². The quantitative estimate of drug-likeness (QED) is 0.610. The van der Waals surface area contributed by atoms with E-state index in [2.05, 4.69) is 15.4 Å². The van der Waals surface area contributed by atoms with Gasteiger partial charge >= 0.3 is 0 Å². The van der Waals surface area contributed by atoms with Crippen LogP contribution in [0.25, 0.3) is 11.3 Å². The lowest BCUT2D eigenvalue weighted by Gasteiger charge is -2.38. The largest absolute Gasteiger partial charge is 0.441 e. The Bertz CT molecular complexity index is 1060. The Morgan fingerprint density at radius 1 is 1.19 bits per heavy atom. The Morgan fingerprint density at radius 3 is 2.75 bits per heavy atom.